The fraction of sp³-hybridized carbons (Fsp3) is 0.500. The van der Waals surface area contributed by atoms with Gasteiger partial charge in [0.25, 0.3) is 0 Å². The molecule has 0 aliphatic rings. The van der Waals surface area contributed by atoms with E-state index >= 15 is 0 Å². The van der Waals surface area contributed by atoms with Crippen LogP contribution in [0.4, 0.5) is 0 Å². The van der Waals surface area contributed by atoms with Gasteiger partial charge in [-0.2, -0.15) is 0 Å². The Bertz CT molecular complexity index is 428. The van der Waals surface area contributed by atoms with E-state index in [-0.39, 0.29) is 5.91 Å². The highest BCUT2D eigenvalue weighted by atomic mass is 32.1. The summed E-state index contributed by atoms with van der Waals surface area (Å²) in [7, 11) is 0. The van der Waals surface area contributed by atoms with Gasteiger partial charge in [-0.15, -0.1) is 11.3 Å². The maximum atomic E-state index is 11.5. The molecule has 1 rings (SSSR count). The van der Waals surface area contributed by atoms with Crippen LogP contribution < -0.4 is 11.1 Å². The second kappa shape index (κ2) is 8.73. The molecule has 4 heteroatoms. The molecule has 0 aliphatic carbocycles. The van der Waals surface area contributed by atoms with E-state index in [0.29, 0.717) is 19.5 Å². The van der Waals surface area contributed by atoms with Crippen molar-refractivity contribution in [3.8, 4) is 11.8 Å². The first-order valence-corrected chi connectivity index (χ1v) is 7.17. The minimum absolute atomic E-state index is 0.131. The van der Waals surface area contributed by atoms with Crippen molar-refractivity contribution in [1.29, 1.82) is 0 Å². The Hall–Kier alpha value is -1.31. The van der Waals surface area contributed by atoms with Crippen molar-refractivity contribution < 1.29 is 4.79 Å². The molecule has 0 fully saturated rings. The van der Waals surface area contributed by atoms with E-state index in [1.807, 2.05) is 11.4 Å². The molecule has 0 saturated heterocycles. The molecule has 0 aromatic carbocycles. The van der Waals surface area contributed by atoms with Gasteiger partial charge in [-0.05, 0) is 12.5 Å². The third-order valence-corrected chi connectivity index (χ3v) is 3.39. The molecule has 3 N–H and O–H groups in total. The van der Waals surface area contributed by atoms with Crippen molar-refractivity contribution in [3.63, 3.8) is 0 Å². The number of nitrogens with one attached hydrogen (secondary N) is 1. The Morgan fingerprint density at radius 3 is 3.06 bits per heavy atom. The summed E-state index contributed by atoms with van der Waals surface area (Å²) in [5, 5.41) is 4.91. The Balaban J connectivity index is 2.30. The lowest BCUT2D eigenvalue weighted by molar-refractivity contribution is -0.121. The molecule has 1 aromatic rings. The quantitative estimate of drug-likeness (QED) is 0.611. The van der Waals surface area contributed by atoms with Crippen molar-refractivity contribution in [2.45, 2.75) is 39.2 Å². The Morgan fingerprint density at radius 2 is 2.33 bits per heavy atom. The number of thiophene rings is 1. The average molecular weight is 264 g/mol. The van der Waals surface area contributed by atoms with Gasteiger partial charge in [-0.3, -0.25) is 4.79 Å². The first kappa shape index (κ1) is 14.7. The lowest BCUT2D eigenvalue weighted by Crippen LogP contribution is -2.21. The van der Waals surface area contributed by atoms with Crippen LogP contribution in [0.5, 0.6) is 0 Å². The van der Waals surface area contributed by atoms with E-state index in [1.54, 1.807) is 11.3 Å². The molecule has 1 heterocycles. The van der Waals surface area contributed by atoms with Gasteiger partial charge in [0, 0.05) is 22.2 Å². The maximum Gasteiger partial charge on any atom is 0.220 e. The SMILES string of the molecule is CCCCCC(=O)NCc1cc(C#CCN)cs1. The zero-order chi connectivity index (χ0) is 13.2. The third kappa shape index (κ3) is 5.85. The molecular formula is C14H20N2OS. The number of carbonyl (C=O) groups excluding carboxylic acids is 1. The summed E-state index contributed by atoms with van der Waals surface area (Å²) in [6.07, 6.45) is 3.85. The number of nitrogens with two attached hydrogens (primary N) is 1. The van der Waals surface area contributed by atoms with Crippen molar-refractivity contribution >= 4 is 17.2 Å². The van der Waals surface area contributed by atoms with Gasteiger partial charge in [0.1, 0.15) is 0 Å². The number of hydrogen-bond donors (Lipinski definition) is 2. The predicted octanol–water partition coefficient (Wildman–Crippen LogP) is 2.25. The number of hydrogen-bond acceptors (Lipinski definition) is 3. The minimum Gasteiger partial charge on any atom is -0.351 e. The van der Waals surface area contributed by atoms with Crippen molar-refractivity contribution in [2.75, 3.05) is 6.54 Å². The molecule has 0 aliphatic heterocycles. The van der Waals surface area contributed by atoms with Crippen LogP contribution in [0.15, 0.2) is 11.4 Å². The van der Waals surface area contributed by atoms with Crippen LogP contribution in [0.1, 0.15) is 43.0 Å². The van der Waals surface area contributed by atoms with Crippen molar-refractivity contribution in [3.05, 3.63) is 21.9 Å². The molecule has 0 spiro atoms. The lowest BCUT2D eigenvalue weighted by Gasteiger charge is -2.02. The number of rotatable bonds is 6. The summed E-state index contributed by atoms with van der Waals surface area (Å²) in [4.78, 5) is 12.6. The van der Waals surface area contributed by atoms with E-state index < -0.39 is 0 Å². The smallest absolute Gasteiger partial charge is 0.220 e. The second-order valence-corrected chi connectivity index (χ2v) is 5.04. The fourth-order valence-electron chi connectivity index (χ4n) is 1.50. The van der Waals surface area contributed by atoms with Gasteiger partial charge in [0.05, 0.1) is 13.1 Å². The highest BCUT2D eigenvalue weighted by molar-refractivity contribution is 7.10. The Morgan fingerprint density at radius 1 is 1.50 bits per heavy atom. The van der Waals surface area contributed by atoms with E-state index in [0.717, 1.165) is 29.7 Å². The molecule has 0 unspecified atom stereocenters. The molecule has 98 valence electrons. The molecule has 18 heavy (non-hydrogen) atoms. The summed E-state index contributed by atoms with van der Waals surface area (Å²) >= 11 is 1.61. The van der Waals surface area contributed by atoms with Crippen LogP contribution >= 0.6 is 11.3 Å². The summed E-state index contributed by atoms with van der Waals surface area (Å²) in [6, 6.07) is 2.00. The molecule has 3 nitrogen and oxygen atoms in total. The largest absolute Gasteiger partial charge is 0.351 e. The van der Waals surface area contributed by atoms with Gasteiger partial charge in [-0.1, -0.05) is 31.6 Å². The van der Waals surface area contributed by atoms with Crippen LogP contribution in [0.3, 0.4) is 0 Å². The van der Waals surface area contributed by atoms with E-state index in [9.17, 15) is 4.79 Å². The summed E-state index contributed by atoms with van der Waals surface area (Å²) in [6.45, 7) is 3.10. The van der Waals surface area contributed by atoms with E-state index in [2.05, 4.69) is 24.1 Å². The highest BCUT2D eigenvalue weighted by Crippen LogP contribution is 2.13. The second-order valence-electron chi connectivity index (χ2n) is 4.04. The molecule has 0 saturated carbocycles. The molecule has 0 atom stereocenters. The predicted molar refractivity (Wildman–Crippen MR) is 76.2 cm³/mol. The van der Waals surface area contributed by atoms with E-state index in [1.165, 1.54) is 0 Å². The number of unbranched alkanes of at least 4 members (excludes halogenated alkanes) is 2. The summed E-state index contributed by atoms with van der Waals surface area (Å²) in [5.74, 6) is 5.92. The average Bonchev–Trinajstić information content (AvgIpc) is 2.82. The van der Waals surface area contributed by atoms with Crippen molar-refractivity contribution in [2.24, 2.45) is 5.73 Å². The zero-order valence-electron chi connectivity index (χ0n) is 10.8. The molecule has 1 aromatic heterocycles. The molecule has 0 bridgehead atoms. The van der Waals surface area contributed by atoms with Gasteiger partial charge in [0.15, 0.2) is 0 Å². The Labute approximate surface area is 113 Å². The van der Waals surface area contributed by atoms with Crippen LogP contribution in [-0.2, 0) is 11.3 Å². The zero-order valence-corrected chi connectivity index (χ0v) is 11.6. The normalized spacial score (nSPS) is 9.67. The standard InChI is InChI=1S/C14H20N2OS/c1-2-3-4-7-14(17)16-10-13-9-12(11-18-13)6-5-8-15/h9,11H,2-4,7-8,10,15H2,1H3,(H,16,17). The van der Waals surface area contributed by atoms with E-state index in [4.69, 9.17) is 5.73 Å². The van der Waals surface area contributed by atoms with Crippen LogP contribution in [0, 0.1) is 11.8 Å². The van der Waals surface area contributed by atoms with Crippen LogP contribution in [-0.4, -0.2) is 12.5 Å². The van der Waals surface area contributed by atoms with Gasteiger partial charge >= 0.3 is 0 Å². The summed E-state index contributed by atoms with van der Waals surface area (Å²) in [5.41, 5.74) is 6.29. The first-order valence-electron chi connectivity index (χ1n) is 6.29. The highest BCUT2D eigenvalue weighted by Gasteiger charge is 2.02. The lowest BCUT2D eigenvalue weighted by atomic mass is 10.2. The van der Waals surface area contributed by atoms with Crippen molar-refractivity contribution in [1.82, 2.24) is 5.32 Å². The maximum absolute atomic E-state index is 11.5. The van der Waals surface area contributed by atoms with Crippen LogP contribution in [0.25, 0.3) is 0 Å². The third-order valence-electron chi connectivity index (χ3n) is 2.46. The monoisotopic (exact) mass is 264 g/mol. The first-order chi connectivity index (χ1) is 8.76. The summed E-state index contributed by atoms with van der Waals surface area (Å²) < 4.78 is 0. The fourth-order valence-corrected chi connectivity index (χ4v) is 2.26. The number of amides is 1. The van der Waals surface area contributed by atoms with Gasteiger partial charge < -0.3 is 11.1 Å². The Kier molecular flexibility index (Phi) is 7.16. The molecule has 0 radical (unpaired) electrons. The van der Waals surface area contributed by atoms with Crippen LogP contribution in [0.2, 0.25) is 0 Å². The van der Waals surface area contributed by atoms with Gasteiger partial charge in [-0.25, -0.2) is 0 Å². The molecule has 1 amide bonds. The number of carbonyl (C=O) groups is 1. The van der Waals surface area contributed by atoms with Gasteiger partial charge in [0.2, 0.25) is 5.91 Å². The topological polar surface area (TPSA) is 55.1 Å². The minimum atomic E-state index is 0.131. The molecular weight excluding hydrogens is 244 g/mol.